The quantitative estimate of drug-likeness (QED) is 0.187. The van der Waals surface area contributed by atoms with E-state index >= 15 is 0 Å². The van der Waals surface area contributed by atoms with E-state index in [1.165, 1.54) is 41.0 Å². The molecule has 0 fully saturated rings. The Morgan fingerprint density at radius 3 is 1.71 bits per heavy atom. The highest BCUT2D eigenvalue weighted by Gasteiger charge is 2.41. The van der Waals surface area contributed by atoms with Crippen molar-refractivity contribution in [2.24, 2.45) is 0 Å². The predicted octanol–water partition coefficient (Wildman–Crippen LogP) is 6.17. The molecule has 0 radical (unpaired) electrons. The molecule has 5 heteroatoms. The molecule has 0 aliphatic carbocycles. The second kappa shape index (κ2) is 9.66. The Hall–Kier alpha value is -4.84. The largest absolute Gasteiger partial charge is 0.298 e. The Bertz CT molecular complexity index is 2040. The Kier molecular flexibility index (Phi) is 5.65. The summed E-state index contributed by atoms with van der Waals surface area (Å²) in [5.74, 6) is 0. The summed E-state index contributed by atoms with van der Waals surface area (Å²) < 4.78 is 3.60. The maximum Gasteiger partial charge on any atom is 0.179 e. The minimum absolute atomic E-state index is 0.998. The van der Waals surface area contributed by atoms with Gasteiger partial charge >= 0.3 is 0 Å². The molecule has 0 saturated carbocycles. The average molecular weight is 560 g/mol. The van der Waals surface area contributed by atoms with Crippen molar-refractivity contribution >= 4 is 71.5 Å². The third-order valence-electron chi connectivity index (χ3n) is 8.13. The molecule has 0 atom stereocenters. The summed E-state index contributed by atoms with van der Waals surface area (Å²) in [6.45, 7) is 0. The molecule has 3 aromatic heterocycles. The fourth-order valence-corrected chi connectivity index (χ4v) is 12.4. The first-order valence-corrected chi connectivity index (χ1v) is 16.6. The summed E-state index contributed by atoms with van der Waals surface area (Å²) in [5, 5.41) is 7.92. The van der Waals surface area contributed by atoms with E-state index in [0.29, 0.717) is 0 Å². The van der Waals surface area contributed by atoms with Crippen LogP contribution in [0.1, 0.15) is 0 Å². The van der Waals surface area contributed by atoms with E-state index in [-0.39, 0.29) is 0 Å². The van der Waals surface area contributed by atoms with Crippen LogP contribution in [0.4, 0.5) is 0 Å². The summed E-state index contributed by atoms with van der Waals surface area (Å²) in [7, 11) is -2.57. The number of thiophene rings is 1. The molecule has 0 spiro atoms. The van der Waals surface area contributed by atoms with E-state index in [0.717, 1.165) is 16.7 Å². The first-order chi connectivity index (χ1) is 20.4. The zero-order chi connectivity index (χ0) is 27.2. The molecule has 0 aliphatic rings. The number of hydrogen-bond acceptors (Lipinski definition) is 3. The maximum atomic E-state index is 4.74. The second-order valence-electron chi connectivity index (χ2n) is 10.3. The number of hydrogen-bond donors (Lipinski definition) is 0. The molecule has 41 heavy (non-hydrogen) atoms. The van der Waals surface area contributed by atoms with Crippen molar-refractivity contribution in [2.75, 3.05) is 0 Å². The van der Waals surface area contributed by atoms with Crippen molar-refractivity contribution in [3.63, 3.8) is 0 Å². The van der Waals surface area contributed by atoms with Gasteiger partial charge < -0.3 is 0 Å². The van der Waals surface area contributed by atoms with Gasteiger partial charge in [-0.25, -0.2) is 9.97 Å². The van der Waals surface area contributed by atoms with Crippen molar-refractivity contribution in [3.8, 4) is 5.69 Å². The van der Waals surface area contributed by atoms with Crippen LogP contribution in [-0.4, -0.2) is 22.6 Å². The van der Waals surface area contributed by atoms with Gasteiger partial charge in [-0.15, -0.1) is 11.3 Å². The van der Waals surface area contributed by atoms with Gasteiger partial charge in [-0.3, -0.25) is 4.57 Å². The molecule has 8 rings (SSSR count). The van der Waals surface area contributed by atoms with Crippen LogP contribution in [-0.2, 0) is 0 Å². The number of aromatic nitrogens is 3. The molecular weight excluding hydrogens is 535 g/mol. The molecule has 8 aromatic rings. The minimum atomic E-state index is -2.57. The summed E-state index contributed by atoms with van der Waals surface area (Å²) in [5.41, 5.74) is 3.15. The number of benzene rings is 5. The van der Waals surface area contributed by atoms with Crippen LogP contribution >= 0.6 is 11.3 Å². The molecule has 0 bridgehead atoms. The van der Waals surface area contributed by atoms with E-state index < -0.39 is 8.07 Å². The van der Waals surface area contributed by atoms with Crippen LogP contribution in [0.15, 0.2) is 152 Å². The fourth-order valence-electron chi connectivity index (χ4n) is 6.39. The SMILES string of the molecule is c1ccc([Si](c2ccccc2)(c2ccccc2)c2ccc(-n3c4cncnc4c4c5ccccc5sc43)cc2)cc1. The van der Waals surface area contributed by atoms with Crippen LogP contribution in [0.25, 0.3) is 37.0 Å². The van der Waals surface area contributed by atoms with Gasteiger partial charge in [-0.1, -0.05) is 121 Å². The smallest absolute Gasteiger partial charge is 0.179 e. The van der Waals surface area contributed by atoms with Crippen molar-refractivity contribution in [3.05, 3.63) is 152 Å². The highest BCUT2D eigenvalue weighted by atomic mass is 32.1. The third-order valence-corrected chi connectivity index (χ3v) is 14.1. The zero-order valence-electron chi connectivity index (χ0n) is 22.2. The molecule has 0 saturated heterocycles. The minimum Gasteiger partial charge on any atom is -0.298 e. The summed E-state index contributed by atoms with van der Waals surface area (Å²) in [4.78, 5) is 10.3. The van der Waals surface area contributed by atoms with Crippen molar-refractivity contribution in [1.82, 2.24) is 14.5 Å². The monoisotopic (exact) mass is 559 g/mol. The lowest BCUT2D eigenvalue weighted by Crippen LogP contribution is -2.74. The van der Waals surface area contributed by atoms with Gasteiger partial charge in [0.1, 0.15) is 16.7 Å². The highest BCUT2D eigenvalue weighted by Crippen LogP contribution is 2.41. The van der Waals surface area contributed by atoms with Crippen LogP contribution in [0.2, 0.25) is 0 Å². The third kappa shape index (κ3) is 3.63. The van der Waals surface area contributed by atoms with Gasteiger partial charge in [-0.2, -0.15) is 0 Å². The average Bonchev–Trinajstić information content (AvgIpc) is 3.58. The Morgan fingerprint density at radius 1 is 0.561 bits per heavy atom. The van der Waals surface area contributed by atoms with Gasteiger partial charge in [-0.05, 0) is 38.9 Å². The van der Waals surface area contributed by atoms with E-state index in [9.17, 15) is 0 Å². The fraction of sp³-hybridized carbons (Fsp3) is 0. The zero-order valence-corrected chi connectivity index (χ0v) is 24.0. The predicted molar refractivity (Wildman–Crippen MR) is 175 cm³/mol. The molecule has 3 nitrogen and oxygen atoms in total. The molecular formula is C36H25N3SSi. The van der Waals surface area contributed by atoms with Gasteiger partial charge in [0, 0.05) is 21.2 Å². The van der Waals surface area contributed by atoms with Crippen LogP contribution < -0.4 is 20.7 Å². The lowest BCUT2D eigenvalue weighted by Gasteiger charge is -2.34. The summed E-state index contributed by atoms with van der Waals surface area (Å²) in [6.07, 6.45) is 3.59. The van der Waals surface area contributed by atoms with Crippen molar-refractivity contribution < 1.29 is 0 Å². The van der Waals surface area contributed by atoms with Gasteiger partial charge in [0.2, 0.25) is 0 Å². The summed E-state index contributed by atoms with van der Waals surface area (Å²) >= 11 is 1.81. The van der Waals surface area contributed by atoms with Crippen LogP contribution in [0.5, 0.6) is 0 Å². The molecule has 0 aliphatic heterocycles. The normalized spacial score (nSPS) is 11.9. The van der Waals surface area contributed by atoms with Gasteiger partial charge in [0.25, 0.3) is 0 Å². The first kappa shape index (κ1) is 24.0. The molecule has 0 amide bonds. The Labute approximate surface area is 243 Å². The molecule has 3 heterocycles. The van der Waals surface area contributed by atoms with Crippen molar-refractivity contribution in [2.45, 2.75) is 0 Å². The van der Waals surface area contributed by atoms with Crippen LogP contribution in [0.3, 0.4) is 0 Å². The van der Waals surface area contributed by atoms with Crippen molar-refractivity contribution in [1.29, 1.82) is 0 Å². The topological polar surface area (TPSA) is 30.7 Å². The lowest BCUT2D eigenvalue weighted by atomic mass is 10.2. The van der Waals surface area contributed by atoms with Crippen LogP contribution in [0, 0.1) is 0 Å². The number of fused-ring (bicyclic) bond motifs is 5. The standard InChI is InChI=1S/C36H25N3SSi/c1-4-12-27(13-5-1)41(28-14-6-2-7-15-28,29-16-8-3-9-17-29)30-22-20-26(21-23-30)39-32-24-37-25-38-35(32)34-31-18-10-11-19-33(31)40-36(34)39/h1-25H. The lowest BCUT2D eigenvalue weighted by molar-refractivity contribution is 1.15. The number of nitrogens with zero attached hydrogens (tertiary/aromatic N) is 3. The van der Waals surface area contributed by atoms with Gasteiger partial charge in [0.15, 0.2) is 8.07 Å². The molecule has 0 N–H and O–H groups in total. The molecule has 194 valence electrons. The Morgan fingerprint density at radius 2 is 1.10 bits per heavy atom. The van der Waals surface area contributed by atoms with Gasteiger partial charge in [0.05, 0.1) is 11.7 Å². The van der Waals surface area contributed by atoms with E-state index in [2.05, 4.69) is 149 Å². The van der Waals surface area contributed by atoms with E-state index in [1.54, 1.807) is 6.33 Å². The summed E-state index contributed by atoms with van der Waals surface area (Å²) in [6, 6.07) is 51.0. The molecule has 5 aromatic carbocycles. The highest BCUT2D eigenvalue weighted by molar-refractivity contribution is 7.25. The maximum absolute atomic E-state index is 4.74. The molecule has 0 unspecified atom stereocenters. The van der Waals surface area contributed by atoms with E-state index in [4.69, 9.17) is 4.98 Å². The second-order valence-corrected chi connectivity index (χ2v) is 15.1. The number of rotatable bonds is 5. The van der Waals surface area contributed by atoms with E-state index in [1.807, 2.05) is 17.5 Å². The Balaban J connectivity index is 1.39. The first-order valence-electron chi connectivity index (χ1n) is 13.7.